The zero-order valence-corrected chi connectivity index (χ0v) is 14.8. The molecule has 1 radical (unpaired) electrons. The molecule has 19 heavy (non-hydrogen) atoms. The maximum absolute atomic E-state index is 10.6. The Balaban J connectivity index is 0.00000324. The minimum Gasteiger partial charge on any atom is -0.372 e. The molecule has 1 aromatic rings. The molecule has 0 fully saturated rings. The SMILES string of the molecule is CCN(CCCCS(=O)(=O)O)c1cccc(C)c1.[Na]. The van der Waals surface area contributed by atoms with Gasteiger partial charge in [-0.1, -0.05) is 12.1 Å². The van der Waals surface area contributed by atoms with Gasteiger partial charge >= 0.3 is 0 Å². The Morgan fingerprint density at radius 3 is 2.47 bits per heavy atom. The Hall–Kier alpha value is -0.0700. The van der Waals surface area contributed by atoms with Gasteiger partial charge in [0.15, 0.2) is 0 Å². The minimum absolute atomic E-state index is 0. The van der Waals surface area contributed by atoms with Gasteiger partial charge in [-0.3, -0.25) is 4.55 Å². The fourth-order valence-corrected chi connectivity index (χ4v) is 2.45. The van der Waals surface area contributed by atoms with Gasteiger partial charge in [0.05, 0.1) is 5.75 Å². The maximum atomic E-state index is 10.6. The van der Waals surface area contributed by atoms with E-state index in [0.717, 1.165) is 25.2 Å². The smallest absolute Gasteiger partial charge is 0.264 e. The summed E-state index contributed by atoms with van der Waals surface area (Å²) in [5.41, 5.74) is 2.37. The topological polar surface area (TPSA) is 57.6 Å². The van der Waals surface area contributed by atoms with Gasteiger partial charge in [-0.2, -0.15) is 8.42 Å². The van der Waals surface area contributed by atoms with Crippen LogP contribution in [0.1, 0.15) is 25.3 Å². The molecule has 0 heterocycles. The zero-order valence-electron chi connectivity index (χ0n) is 12.0. The second-order valence-electron chi connectivity index (χ2n) is 4.41. The molecule has 1 N–H and O–H groups in total. The summed E-state index contributed by atoms with van der Waals surface area (Å²) in [5.74, 6) is -0.154. The third-order valence-electron chi connectivity index (χ3n) is 2.83. The van der Waals surface area contributed by atoms with Crippen LogP contribution in [0.25, 0.3) is 0 Å². The molecule has 0 amide bonds. The van der Waals surface area contributed by atoms with E-state index >= 15 is 0 Å². The summed E-state index contributed by atoms with van der Waals surface area (Å²) >= 11 is 0. The third kappa shape index (κ3) is 7.95. The van der Waals surface area contributed by atoms with Crippen LogP contribution in [0.5, 0.6) is 0 Å². The summed E-state index contributed by atoms with van der Waals surface area (Å²) in [7, 11) is -3.82. The average molecular weight is 294 g/mol. The van der Waals surface area contributed by atoms with E-state index in [2.05, 4.69) is 36.9 Å². The van der Waals surface area contributed by atoms with Crippen LogP contribution in [0, 0.1) is 6.92 Å². The molecule has 0 saturated carbocycles. The predicted octanol–water partition coefficient (Wildman–Crippen LogP) is 2.11. The fourth-order valence-electron chi connectivity index (χ4n) is 1.88. The first-order valence-corrected chi connectivity index (χ1v) is 7.80. The van der Waals surface area contributed by atoms with E-state index < -0.39 is 10.1 Å². The van der Waals surface area contributed by atoms with Crippen molar-refractivity contribution in [3.63, 3.8) is 0 Å². The molecule has 0 saturated heterocycles. The van der Waals surface area contributed by atoms with E-state index in [0.29, 0.717) is 6.42 Å². The standard InChI is InChI=1S/C13H21NO3S.Na/c1-3-14(9-4-5-10-18(15,16)17)13-8-6-7-12(2)11-13;/h6-8,11H,3-5,9-10H2,1-2H3,(H,15,16,17);. The van der Waals surface area contributed by atoms with Gasteiger partial charge in [0.1, 0.15) is 0 Å². The molecule has 4 nitrogen and oxygen atoms in total. The first-order valence-electron chi connectivity index (χ1n) is 6.19. The number of anilines is 1. The number of hydrogen-bond acceptors (Lipinski definition) is 3. The van der Waals surface area contributed by atoms with E-state index in [1.807, 2.05) is 6.07 Å². The summed E-state index contributed by atoms with van der Waals surface area (Å²) in [6, 6.07) is 8.24. The summed E-state index contributed by atoms with van der Waals surface area (Å²) < 4.78 is 29.9. The third-order valence-corrected chi connectivity index (χ3v) is 3.63. The molecule has 0 spiro atoms. The summed E-state index contributed by atoms with van der Waals surface area (Å²) in [6.45, 7) is 5.81. The van der Waals surface area contributed by atoms with Gasteiger partial charge in [-0.25, -0.2) is 0 Å². The molecular formula is C13H21NNaO3S. The first-order chi connectivity index (χ1) is 8.42. The van der Waals surface area contributed by atoms with Crippen LogP contribution in [-0.4, -0.2) is 61.4 Å². The van der Waals surface area contributed by atoms with Crippen LogP contribution >= 0.6 is 0 Å². The molecule has 0 atom stereocenters. The van der Waals surface area contributed by atoms with E-state index in [1.165, 1.54) is 5.56 Å². The van der Waals surface area contributed by atoms with Crippen molar-refractivity contribution in [3.8, 4) is 0 Å². The average Bonchev–Trinajstić information content (AvgIpc) is 2.27. The second-order valence-corrected chi connectivity index (χ2v) is 5.98. The largest absolute Gasteiger partial charge is 0.372 e. The van der Waals surface area contributed by atoms with E-state index in [1.54, 1.807) is 0 Å². The van der Waals surface area contributed by atoms with Crippen LogP contribution in [0.4, 0.5) is 5.69 Å². The van der Waals surface area contributed by atoms with Crippen molar-refractivity contribution < 1.29 is 13.0 Å². The molecule has 1 rings (SSSR count). The summed E-state index contributed by atoms with van der Waals surface area (Å²) in [5, 5.41) is 0. The van der Waals surface area contributed by atoms with Crippen LogP contribution in [0.3, 0.4) is 0 Å². The van der Waals surface area contributed by atoms with Gasteiger partial charge in [0.2, 0.25) is 0 Å². The first kappa shape index (κ1) is 18.9. The van der Waals surface area contributed by atoms with Crippen molar-refractivity contribution in [2.24, 2.45) is 0 Å². The Labute approximate surface area is 138 Å². The molecule has 0 aromatic heterocycles. The van der Waals surface area contributed by atoms with Crippen LogP contribution in [-0.2, 0) is 10.1 Å². The van der Waals surface area contributed by atoms with Gasteiger partial charge in [-0.05, 0) is 44.4 Å². The number of benzene rings is 1. The molecule has 0 aliphatic carbocycles. The van der Waals surface area contributed by atoms with Crippen molar-refractivity contribution in [2.75, 3.05) is 23.7 Å². The normalized spacial score (nSPS) is 10.9. The van der Waals surface area contributed by atoms with Crippen molar-refractivity contribution in [1.82, 2.24) is 0 Å². The quantitative estimate of drug-likeness (QED) is 0.475. The van der Waals surface area contributed by atoms with Crippen LogP contribution < -0.4 is 4.90 Å². The number of rotatable bonds is 7. The van der Waals surface area contributed by atoms with E-state index in [-0.39, 0.29) is 35.3 Å². The van der Waals surface area contributed by atoms with Crippen molar-refractivity contribution in [3.05, 3.63) is 29.8 Å². The van der Waals surface area contributed by atoms with Gasteiger partial charge in [-0.15, -0.1) is 0 Å². The number of aryl methyl sites for hydroxylation is 1. The Morgan fingerprint density at radius 1 is 1.26 bits per heavy atom. The Morgan fingerprint density at radius 2 is 1.95 bits per heavy atom. The zero-order chi connectivity index (χ0) is 13.6. The molecule has 0 aliphatic heterocycles. The molecular weight excluding hydrogens is 273 g/mol. The number of nitrogens with zero attached hydrogens (tertiary/aromatic N) is 1. The second kappa shape index (κ2) is 8.97. The molecule has 0 bridgehead atoms. The molecule has 0 unspecified atom stereocenters. The Bertz CT molecular complexity index is 477. The summed E-state index contributed by atoms with van der Waals surface area (Å²) in [6.07, 6.45) is 1.24. The number of unbranched alkanes of at least 4 members (excludes halogenated alkanes) is 1. The summed E-state index contributed by atoms with van der Waals surface area (Å²) in [4.78, 5) is 2.21. The molecule has 6 heteroatoms. The molecule has 103 valence electrons. The predicted molar refractivity (Wildman–Crippen MR) is 80.5 cm³/mol. The van der Waals surface area contributed by atoms with Gasteiger partial charge in [0.25, 0.3) is 10.1 Å². The maximum Gasteiger partial charge on any atom is 0.264 e. The molecule has 0 aliphatic rings. The van der Waals surface area contributed by atoms with E-state index in [9.17, 15) is 8.42 Å². The monoisotopic (exact) mass is 294 g/mol. The molecule has 1 aromatic carbocycles. The van der Waals surface area contributed by atoms with E-state index in [4.69, 9.17) is 4.55 Å². The number of hydrogen-bond donors (Lipinski definition) is 1. The minimum atomic E-state index is -3.82. The van der Waals surface area contributed by atoms with Crippen LogP contribution in [0.2, 0.25) is 0 Å². The Kier molecular flexibility index (Phi) is 8.94. The van der Waals surface area contributed by atoms with Crippen molar-refractivity contribution >= 4 is 45.4 Å². The van der Waals surface area contributed by atoms with Crippen LogP contribution in [0.15, 0.2) is 24.3 Å². The van der Waals surface area contributed by atoms with Crippen molar-refractivity contribution in [1.29, 1.82) is 0 Å². The fraction of sp³-hybridized carbons (Fsp3) is 0.538. The van der Waals surface area contributed by atoms with Gasteiger partial charge in [0, 0.05) is 48.3 Å². The van der Waals surface area contributed by atoms with Gasteiger partial charge < -0.3 is 4.90 Å². The van der Waals surface area contributed by atoms with Crippen molar-refractivity contribution in [2.45, 2.75) is 26.7 Å².